The summed E-state index contributed by atoms with van der Waals surface area (Å²) >= 11 is 0. The third kappa shape index (κ3) is 5.21. The zero-order valence-electron chi connectivity index (χ0n) is 17.3. The van der Waals surface area contributed by atoms with Gasteiger partial charge in [-0.2, -0.15) is 4.31 Å². The molecular formula is C21H28N2O5S2. The van der Waals surface area contributed by atoms with Crippen molar-refractivity contribution in [1.29, 1.82) is 0 Å². The number of aryl methyl sites for hydroxylation is 1. The van der Waals surface area contributed by atoms with Crippen LogP contribution in [-0.2, 0) is 26.6 Å². The molecule has 0 aliphatic carbocycles. The second-order valence-electron chi connectivity index (χ2n) is 7.29. The summed E-state index contributed by atoms with van der Waals surface area (Å²) in [5, 5.41) is 0. The third-order valence-corrected chi connectivity index (χ3v) is 8.41. The van der Waals surface area contributed by atoms with E-state index in [4.69, 9.17) is 4.74 Å². The molecular weight excluding hydrogens is 424 g/mol. The molecule has 2 aromatic rings. The highest BCUT2D eigenvalue weighted by molar-refractivity contribution is 7.89. The van der Waals surface area contributed by atoms with Crippen LogP contribution in [0.1, 0.15) is 37.3 Å². The van der Waals surface area contributed by atoms with Gasteiger partial charge >= 0.3 is 0 Å². The smallest absolute Gasteiger partial charge is 0.243 e. The Morgan fingerprint density at radius 2 is 1.57 bits per heavy atom. The van der Waals surface area contributed by atoms with Crippen molar-refractivity contribution in [2.75, 3.05) is 19.7 Å². The van der Waals surface area contributed by atoms with Crippen molar-refractivity contribution in [3.8, 4) is 5.75 Å². The first-order chi connectivity index (χ1) is 14.2. The fourth-order valence-corrected chi connectivity index (χ4v) is 6.02. The largest absolute Gasteiger partial charge is 0.494 e. The Kier molecular flexibility index (Phi) is 7.18. The lowest BCUT2D eigenvalue weighted by Crippen LogP contribution is -2.35. The van der Waals surface area contributed by atoms with E-state index in [0.717, 1.165) is 24.8 Å². The van der Waals surface area contributed by atoms with E-state index in [1.807, 2.05) is 6.92 Å². The van der Waals surface area contributed by atoms with Crippen molar-refractivity contribution in [1.82, 2.24) is 9.03 Å². The van der Waals surface area contributed by atoms with Gasteiger partial charge in [0, 0.05) is 19.6 Å². The third-order valence-electron chi connectivity index (χ3n) is 5.10. The van der Waals surface area contributed by atoms with E-state index in [1.54, 1.807) is 31.2 Å². The molecule has 2 aromatic carbocycles. The zero-order valence-corrected chi connectivity index (χ0v) is 18.9. The molecule has 1 fully saturated rings. The van der Waals surface area contributed by atoms with Gasteiger partial charge in [0.05, 0.1) is 16.4 Å². The summed E-state index contributed by atoms with van der Waals surface area (Å²) in [5.41, 5.74) is 1.42. The predicted molar refractivity (Wildman–Crippen MR) is 115 cm³/mol. The Morgan fingerprint density at radius 1 is 0.933 bits per heavy atom. The molecule has 1 aliphatic rings. The molecule has 0 spiro atoms. The molecule has 1 heterocycles. The van der Waals surface area contributed by atoms with Crippen LogP contribution in [0.15, 0.2) is 52.3 Å². The van der Waals surface area contributed by atoms with Crippen molar-refractivity contribution in [3.05, 3.63) is 53.6 Å². The standard InChI is InChI=1S/C21H28N2O5S2/c1-3-28-21-12-11-20(15-17(21)2)29(24,25)22-16-18-7-9-19(10-8-18)30(26,27)23-13-5-4-6-14-23/h7-12,15,22H,3-6,13-14,16H2,1-2H3. The number of hydrogen-bond acceptors (Lipinski definition) is 5. The molecule has 7 nitrogen and oxygen atoms in total. The molecule has 1 N–H and O–H groups in total. The number of hydrogen-bond donors (Lipinski definition) is 1. The Hall–Kier alpha value is -1.94. The summed E-state index contributed by atoms with van der Waals surface area (Å²) in [7, 11) is -7.20. The van der Waals surface area contributed by atoms with Gasteiger partial charge in [0.1, 0.15) is 5.75 Å². The first-order valence-corrected chi connectivity index (χ1v) is 13.0. The van der Waals surface area contributed by atoms with E-state index in [0.29, 0.717) is 31.0 Å². The van der Waals surface area contributed by atoms with Crippen LogP contribution >= 0.6 is 0 Å². The van der Waals surface area contributed by atoms with Crippen LogP contribution in [0.5, 0.6) is 5.75 Å². The molecule has 0 radical (unpaired) electrons. The average Bonchev–Trinajstić information content (AvgIpc) is 2.75. The maximum absolute atomic E-state index is 12.7. The maximum Gasteiger partial charge on any atom is 0.243 e. The van der Waals surface area contributed by atoms with Crippen molar-refractivity contribution in [2.45, 2.75) is 49.4 Å². The molecule has 9 heteroatoms. The number of sulfonamides is 2. The van der Waals surface area contributed by atoms with Crippen LogP contribution in [0.25, 0.3) is 0 Å². The van der Waals surface area contributed by atoms with E-state index < -0.39 is 20.0 Å². The molecule has 30 heavy (non-hydrogen) atoms. The molecule has 0 atom stereocenters. The topological polar surface area (TPSA) is 92.8 Å². The molecule has 1 saturated heterocycles. The fraction of sp³-hybridized carbons (Fsp3) is 0.429. The number of nitrogens with one attached hydrogen (secondary N) is 1. The van der Waals surface area contributed by atoms with Crippen molar-refractivity contribution in [3.63, 3.8) is 0 Å². The van der Waals surface area contributed by atoms with Gasteiger partial charge in [-0.1, -0.05) is 18.6 Å². The highest BCUT2D eigenvalue weighted by Gasteiger charge is 2.25. The lowest BCUT2D eigenvalue weighted by atomic mass is 10.2. The van der Waals surface area contributed by atoms with Crippen LogP contribution in [0.2, 0.25) is 0 Å². The number of ether oxygens (including phenoxy) is 1. The van der Waals surface area contributed by atoms with Crippen molar-refractivity contribution >= 4 is 20.0 Å². The van der Waals surface area contributed by atoms with Gasteiger partial charge < -0.3 is 4.74 Å². The average molecular weight is 453 g/mol. The summed E-state index contributed by atoms with van der Waals surface area (Å²) in [4.78, 5) is 0.394. The van der Waals surface area contributed by atoms with Crippen molar-refractivity contribution < 1.29 is 21.6 Å². The van der Waals surface area contributed by atoms with Gasteiger partial charge in [-0.3, -0.25) is 0 Å². The molecule has 0 unspecified atom stereocenters. The second-order valence-corrected chi connectivity index (χ2v) is 11.0. The second kappa shape index (κ2) is 9.47. The zero-order chi connectivity index (χ0) is 21.8. The summed E-state index contributed by atoms with van der Waals surface area (Å²) in [6.07, 6.45) is 2.81. The summed E-state index contributed by atoms with van der Waals surface area (Å²) in [6.45, 7) is 5.34. The minimum absolute atomic E-state index is 0.0681. The van der Waals surface area contributed by atoms with Crippen LogP contribution in [0.4, 0.5) is 0 Å². The fourth-order valence-electron chi connectivity index (χ4n) is 3.40. The van der Waals surface area contributed by atoms with E-state index in [1.165, 1.54) is 22.5 Å². The van der Waals surface area contributed by atoms with Gasteiger partial charge in [-0.25, -0.2) is 21.6 Å². The van der Waals surface area contributed by atoms with Crippen LogP contribution in [0, 0.1) is 6.92 Å². The first-order valence-electron chi connectivity index (χ1n) is 10.1. The Labute approximate surface area is 179 Å². The van der Waals surface area contributed by atoms with Crippen LogP contribution in [0.3, 0.4) is 0 Å². The molecule has 0 bridgehead atoms. The van der Waals surface area contributed by atoms with E-state index in [2.05, 4.69) is 4.72 Å². The van der Waals surface area contributed by atoms with Crippen LogP contribution < -0.4 is 9.46 Å². The lowest BCUT2D eigenvalue weighted by molar-refractivity contribution is 0.337. The molecule has 0 aromatic heterocycles. The summed E-state index contributed by atoms with van der Waals surface area (Å²) < 4.78 is 60.2. The SMILES string of the molecule is CCOc1ccc(S(=O)(=O)NCc2ccc(S(=O)(=O)N3CCCCC3)cc2)cc1C. The highest BCUT2D eigenvalue weighted by atomic mass is 32.2. The number of rotatable bonds is 8. The molecule has 1 aliphatic heterocycles. The molecule has 3 rings (SSSR count). The number of piperidine rings is 1. The Balaban J connectivity index is 1.68. The van der Waals surface area contributed by atoms with Gasteiger partial charge in [0.15, 0.2) is 0 Å². The molecule has 0 saturated carbocycles. The van der Waals surface area contributed by atoms with Gasteiger partial charge in [-0.15, -0.1) is 0 Å². The first kappa shape index (κ1) is 22.7. The minimum Gasteiger partial charge on any atom is -0.494 e. The highest BCUT2D eigenvalue weighted by Crippen LogP contribution is 2.23. The Morgan fingerprint density at radius 3 is 2.17 bits per heavy atom. The molecule has 0 amide bonds. The monoisotopic (exact) mass is 452 g/mol. The van der Waals surface area contributed by atoms with E-state index >= 15 is 0 Å². The lowest BCUT2D eigenvalue weighted by Gasteiger charge is -2.25. The summed E-state index contributed by atoms with van der Waals surface area (Å²) in [5.74, 6) is 0.655. The van der Waals surface area contributed by atoms with E-state index in [-0.39, 0.29) is 16.3 Å². The van der Waals surface area contributed by atoms with Gasteiger partial charge in [-0.05, 0) is 68.1 Å². The van der Waals surface area contributed by atoms with Crippen LogP contribution in [-0.4, -0.2) is 40.8 Å². The van der Waals surface area contributed by atoms with E-state index in [9.17, 15) is 16.8 Å². The summed E-state index contributed by atoms with van der Waals surface area (Å²) in [6, 6.07) is 11.1. The quantitative estimate of drug-likeness (QED) is 0.665. The number of benzene rings is 2. The molecule has 164 valence electrons. The number of nitrogens with zero attached hydrogens (tertiary/aromatic N) is 1. The normalized spacial score (nSPS) is 15.8. The minimum atomic E-state index is -3.70. The van der Waals surface area contributed by atoms with Gasteiger partial charge in [0.25, 0.3) is 0 Å². The predicted octanol–water partition coefficient (Wildman–Crippen LogP) is 3.05. The maximum atomic E-state index is 12.7. The van der Waals surface area contributed by atoms with Gasteiger partial charge in [0.2, 0.25) is 20.0 Å². The van der Waals surface area contributed by atoms with Crippen molar-refractivity contribution in [2.24, 2.45) is 0 Å². The Bertz CT molecular complexity index is 1070.